The monoisotopic (exact) mass is 273 g/mol. The fourth-order valence-electron chi connectivity index (χ4n) is 2.62. The van der Waals surface area contributed by atoms with Crippen LogP contribution in [0.15, 0.2) is 79.3 Å². The number of aromatic nitrogens is 2. The quantitative estimate of drug-likeness (QED) is 0.384. The molecule has 4 aromatic rings. The Kier molecular flexibility index (Phi) is 2.57. The summed E-state index contributed by atoms with van der Waals surface area (Å²) in [6, 6.07) is 19.9. The summed E-state index contributed by atoms with van der Waals surface area (Å²) < 4.78 is 2.93. The highest BCUT2D eigenvalue weighted by atomic mass is 16.3. The summed E-state index contributed by atoms with van der Waals surface area (Å²) in [4.78, 5) is 12.3. The van der Waals surface area contributed by atoms with Crippen molar-refractivity contribution < 1.29 is 4.43 Å². The van der Waals surface area contributed by atoms with Gasteiger partial charge in [-0.1, -0.05) is 42.5 Å². The van der Waals surface area contributed by atoms with E-state index < -0.39 is 0 Å². The van der Waals surface area contributed by atoms with Gasteiger partial charge in [0.2, 0.25) is 0 Å². The Hall–Kier alpha value is -2.94. The zero-order valence-corrected chi connectivity index (χ0v) is 11.3. The molecule has 100 valence electrons. The fraction of sp³-hybridized carbons (Fsp3) is 0. The molecule has 0 aliphatic carbocycles. The molecule has 3 heteroatoms. The van der Waals surface area contributed by atoms with E-state index in [0.717, 1.165) is 26.3 Å². The lowest BCUT2D eigenvalue weighted by atomic mass is 10.1. The first-order valence-corrected chi connectivity index (χ1v) is 6.84. The van der Waals surface area contributed by atoms with E-state index in [1.807, 2.05) is 59.1 Å². The Labute approximate surface area is 121 Å². The van der Waals surface area contributed by atoms with E-state index in [0.29, 0.717) is 5.69 Å². The largest absolute Gasteiger partial charge is 0.311 e. The minimum atomic E-state index is 0.642. The van der Waals surface area contributed by atoms with Crippen molar-refractivity contribution in [3.8, 4) is 11.3 Å². The van der Waals surface area contributed by atoms with Gasteiger partial charge in [-0.15, -0.1) is 0 Å². The highest BCUT2D eigenvalue weighted by Crippen LogP contribution is 2.19. The zero-order chi connectivity index (χ0) is 14.2. The lowest BCUT2D eigenvalue weighted by Crippen LogP contribution is -2.18. The molecule has 0 saturated carbocycles. The summed E-state index contributed by atoms with van der Waals surface area (Å²) in [5, 5.41) is 2.28. The Morgan fingerprint density at radius 2 is 1.52 bits per heavy atom. The summed E-state index contributed by atoms with van der Waals surface area (Å²) in [5.74, 6) is 0. The fourth-order valence-corrected chi connectivity index (χ4v) is 2.62. The average molecular weight is 273 g/mol. The highest BCUT2D eigenvalue weighted by Gasteiger charge is 2.13. The van der Waals surface area contributed by atoms with E-state index >= 15 is 0 Å². The number of rotatable bonds is 1. The molecular formula is C18H13N2O+. The van der Waals surface area contributed by atoms with Crippen molar-refractivity contribution in [1.29, 1.82) is 0 Å². The molecule has 2 aromatic carbocycles. The second-order valence-corrected chi connectivity index (χ2v) is 5.07. The molecule has 2 aromatic heterocycles. The van der Waals surface area contributed by atoms with Crippen LogP contribution in [0.2, 0.25) is 0 Å². The van der Waals surface area contributed by atoms with Crippen molar-refractivity contribution in [2.24, 2.45) is 0 Å². The number of hydrogen-bond acceptors (Lipinski definition) is 1. The molecule has 0 aliphatic heterocycles. The van der Waals surface area contributed by atoms with Crippen LogP contribution in [0.5, 0.6) is 0 Å². The van der Waals surface area contributed by atoms with Gasteiger partial charge in [0.25, 0.3) is 11.9 Å². The molecule has 4 rings (SSSR count). The molecule has 21 heavy (non-hydrogen) atoms. The number of nitrogens with zero attached hydrogens (tertiary/aromatic N) is 2. The summed E-state index contributed by atoms with van der Waals surface area (Å²) in [5.41, 5.74) is 2.43. The topological polar surface area (TPSA) is 27.4 Å². The van der Waals surface area contributed by atoms with Gasteiger partial charge in [0, 0.05) is 11.1 Å². The average Bonchev–Trinajstić information content (AvgIpc) is 2.53. The number of hydrogen-bond donors (Lipinski definition) is 0. The molecule has 0 unspecified atom stereocenters. The van der Waals surface area contributed by atoms with Gasteiger partial charge in [0.1, 0.15) is 5.52 Å². The SMILES string of the molecule is O=[n+]1cc2cc3ccccc3cn2cc1-c1ccccc1. The molecule has 2 heterocycles. The molecule has 0 bridgehead atoms. The normalized spacial score (nSPS) is 11.0. The van der Waals surface area contributed by atoms with Crippen molar-refractivity contribution in [3.63, 3.8) is 0 Å². The maximum Gasteiger partial charge on any atom is 0.286 e. The Morgan fingerprint density at radius 1 is 0.810 bits per heavy atom. The van der Waals surface area contributed by atoms with Crippen molar-refractivity contribution in [1.82, 2.24) is 4.40 Å². The second kappa shape index (κ2) is 4.56. The van der Waals surface area contributed by atoms with Gasteiger partial charge in [-0.25, -0.2) is 0 Å². The van der Waals surface area contributed by atoms with Crippen molar-refractivity contribution in [2.45, 2.75) is 0 Å². The molecule has 3 nitrogen and oxygen atoms in total. The smallest absolute Gasteiger partial charge is 0.286 e. The Balaban J connectivity index is 2.05. The van der Waals surface area contributed by atoms with Crippen LogP contribution >= 0.6 is 0 Å². The van der Waals surface area contributed by atoms with Crippen LogP contribution in [0.25, 0.3) is 27.5 Å². The first-order valence-electron chi connectivity index (χ1n) is 6.84. The minimum Gasteiger partial charge on any atom is -0.311 e. The third-order valence-corrected chi connectivity index (χ3v) is 3.69. The Morgan fingerprint density at radius 3 is 2.33 bits per heavy atom. The van der Waals surface area contributed by atoms with Crippen LogP contribution in [0.1, 0.15) is 0 Å². The summed E-state index contributed by atoms with van der Waals surface area (Å²) in [6.45, 7) is 0. The van der Waals surface area contributed by atoms with Crippen molar-refractivity contribution in [3.05, 3.63) is 84.2 Å². The van der Waals surface area contributed by atoms with Crippen LogP contribution in [0.3, 0.4) is 0 Å². The standard InChI is InChI=1S/C18H13N2O/c21-20-12-17-10-15-8-4-5-9-16(15)11-19(17)13-18(20)14-6-2-1-3-7-14/h1-13H/q+1. The molecule has 0 aliphatic rings. The highest BCUT2D eigenvalue weighted by molar-refractivity contribution is 5.85. The third-order valence-electron chi connectivity index (χ3n) is 3.69. The van der Waals surface area contributed by atoms with Crippen LogP contribution in [0, 0.1) is 4.91 Å². The van der Waals surface area contributed by atoms with Crippen LogP contribution in [-0.2, 0) is 0 Å². The van der Waals surface area contributed by atoms with Gasteiger partial charge in [0.15, 0.2) is 0 Å². The van der Waals surface area contributed by atoms with Crippen LogP contribution in [-0.4, -0.2) is 4.40 Å². The van der Waals surface area contributed by atoms with E-state index in [9.17, 15) is 4.91 Å². The molecule has 0 atom stereocenters. The molecule has 0 fully saturated rings. The summed E-state index contributed by atoms with van der Waals surface area (Å²) in [6.07, 6.45) is 5.55. The predicted octanol–water partition coefficient (Wildman–Crippen LogP) is 3.67. The van der Waals surface area contributed by atoms with Crippen LogP contribution < -0.4 is 4.43 Å². The van der Waals surface area contributed by atoms with Crippen molar-refractivity contribution in [2.75, 3.05) is 0 Å². The molecule has 0 amide bonds. The van der Waals surface area contributed by atoms with E-state index in [-0.39, 0.29) is 0 Å². The van der Waals surface area contributed by atoms with Crippen molar-refractivity contribution >= 4 is 16.3 Å². The molecule has 0 spiro atoms. The van der Waals surface area contributed by atoms with E-state index in [2.05, 4.69) is 18.3 Å². The molecule has 0 radical (unpaired) electrons. The molecule has 0 N–H and O–H groups in total. The number of benzene rings is 2. The second-order valence-electron chi connectivity index (χ2n) is 5.07. The lowest BCUT2D eigenvalue weighted by Gasteiger charge is -2.03. The van der Waals surface area contributed by atoms with Gasteiger partial charge in [0.05, 0.1) is 16.2 Å². The molecular weight excluding hydrogens is 260 g/mol. The maximum atomic E-state index is 12.3. The van der Waals surface area contributed by atoms with Crippen LogP contribution in [0.4, 0.5) is 0 Å². The Bertz CT molecular complexity index is 1000. The lowest BCUT2D eigenvalue weighted by molar-refractivity contribution is -0.481. The van der Waals surface area contributed by atoms with Gasteiger partial charge < -0.3 is 4.40 Å². The third kappa shape index (κ3) is 1.99. The van der Waals surface area contributed by atoms with Gasteiger partial charge in [-0.05, 0) is 29.0 Å². The zero-order valence-electron chi connectivity index (χ0n) is 11.3. The van der Waals surface area contributed by atoms with Gasteiger partial charge in [-0.2, -0.15) is 0 Å². The minimum absolute atomic E-state index is 0.642. The van der Waals surface area contributed by atoms with E-state index in [4.69, 9.17) is 0 Å². The van der Waals surface area contributed by atoms with E-state index in [1.165, 1.54) is 0 Å². The maximum absolute atomic E-state index is 12.3. The first-order chi connectivity index (χ1) is 10.3. The first kappa shape index (κ1) is 11.9. The number of fused-ring (bicyclic) bond motifs is 2. The number of pyridine rings is 1. The van der Waals surface area contributed by atoms with Gasteiger partial charge >= 0.3 is 0 Å². The molecule has 0 saturated heterocycles. The van der Waals surface area contributed by atoms with E-state index in [1.54, 1.807) is 6.20 Å². The van der Waals surface area contributed by atoms with Gasteiger partial charge in [-0.3, -0.25) is 0 Å². The summed E-state index contributed by atoms with van der Waals surface area (Å²) in [7, 11) is 0. The predicted molar refractivity (Wildman–Crippen MR) is 83.7 cm³/mol. The summed E-state index contributed by atoms with van der Waals surface area (Å²) >= 11 is 0.